The number of hydrogen-bond acceptors (Lipinski definition) is 1. The number of rotatable bonds is 1. The van der Waals surface area contributed by atoms with Gasteiger partial charge in [0.2, 0.25) is 0 Å². The predicted molar refractivity (Wildman–Crippen MR) is 43.0 cm³/mol. The maximum atomic E-state index is 2.69. The number of nitrogens with zero attached hydrogens (tertiary/aromatic N) is 1. The van der Waals surface area contributed by atoms with Crippen LogP contribution in [0.2, 0.25) is 0 Å². The molecule has 0 aromatic heterocycles. The first-order chi connectivity index (χ1) is 4.86. The third kappa shape index (κ3) is 1.34. The molecule has 1 atom stereocenters. The van der Waals surface area contributed by atoms with Gasteiger partial charge in [-0.05, 0) is 38.1 Å². The SMILES string of the molecule is CC1CCCN(C2CC2)C1. The molecule has 0 radical (unpaired) electrons. The summed E-state index contributed by atoms with van der Waals surface area (Å²) in [4.78, 5) is 2.69. The minimum atomic E-state index is 0.967. The molecular formula is C9H17N. The summed E-state index contributed by atoms with van der Waals surface area (Å²) in [5.41, 5.74) is 0. The van der Waals surface area contributed by atoms with E-state index in [9.17, 15) is 0 Å². The fraction of sp³-hybridized carbons (Fsp3) is 1.00. The van der Waals surface area contributed by atoms with Gasteiger partial charge in [0.25, 0.3) is 0 Å². The molecule has 1 heterocycles. The van der Waals surface area contributed by atoms with Gasteiger partial charge in [-0.3, -0.25) is 0 Å². The van der Waals surface area contributed by atoms with Crippen LogP contribution in [0.4, 0.5) is 0 Å². The van der Waals surface area contributed by atoms with E-state index in [1.165, 1.54) is 38.8 Å². The fourth-order valence-electron chi connectivity index (χ4n) is 2.00. The molecule has 0 aromatic carbocycles. The van der Waals surface area contributed by atoms with Gasteiger partial charge in [0.1, 0.15) is 0 Å². The number of likely N-dealkylation sites (tertiary alicyclic amines) is 1. The highest BCUT2D eigenvalue weighted by atomic mass is 15.2. The van der Waals surface area contributed by atoms with Crippen LogP contribution in [0.15, 0.2) is 0 Å². The molecule has 1 saturated carbocycles. The Morgan fingerprint density at radius 2 is 2.00 bits per heavy atom. The smallest absolute Gasteiger partial charge is 0.00965 e. The molecule has 1 aliphatic heterocycles. The van der Waals surface area contributed by atoms with Crippen molar-refractivity contribution in [2.24, 2.45) is 5.92 Å². The van der Waals surface area contributed by atoms with Crippen LogP contribution in [0.3, 0.4) is 0 Å². The molecule has 1 unspecified atom stereocenters. The molecule has 58 valence electrons. The quantitative estimate of drug-likeness (QED) is 0.536. The summed E-state index contributed by atoms with van der Waals surface area (Å²) in [6.07, 6.45) is 5.86. The highest BCUT2D eigenvalue weighted by molar-refractivity contribution is 4.86. The highest BCUT2D eigenvalue weighted by Crippen LogP contribution is 2.30. The lowest BCUT2D eigenvalue weighted by molar-refractivity contribution is 0.175. The summed E-state index contributed by atoms with van der Waals surface area (Å²) in [5, 5.41) is 0. The summed E-state index contributed by atoms with van der Waals surface area (Å²) in [6.45, 7) is 5.15. The van der Waals surface area contributed by atoms with Crippen molar-refractivity contribution in [3.8, 4) is 0 Å². The molecule has 0 N–H and O–H groups in total. The van der Waals surface area contributed by atoms with Crippen molar-refractivity contribution >= 4 is 0 Å². The van der Waals surface area contributed by atoms with E-state index in [4.69, 9.17) is 0 Å². The van der Waals surface area contributed by atoms with Crippen LogP contribution in [0.25, 0.3) is 0 Å². The van der Waals surface area contributed by atoms with Gasteiger partial charge in [0, 0.05) is 12.6 Å². The minimum Gasteiger partial charge on any atom is -0.300 e. The topological polar surface area (TPSA) is 3.24 Å². The van der Waals surface area contributed by atoms with Crippen LogP contribution < -0.4 is 0 Å². The van der Waals surface area contributed by atoms with Gasteiger partial charge in [0.05, 0.1) is 0 Å². The normalized spacial score (nSPS) is 36.3. The van der Waals surface area contributed by atoms with Crippen molar-refractivity contribution in [1.29, 1.82) is 0 Å². The zero-order chi connectivity index (χ0) is 6.97. The summed E-state index contributed by atoms with van der Waals surface area (Å²) in [5.74, 6) is 0.967. The van der Waals surface area contributed by atoms with E-state index in [0.29, 0.717) is 0 Å². The van der Waals surface area contributed by atoms with Gasteiger partial charge in [0.15, 0.2) is 0 Å². The van der Waals surface area contributed by atoms with Gasteiger partial charge < -0.3 is 4.90 Å². The third-order valence-corrected chi connectivity index (χ3v) is 2.75. The Hall–Kier alpha value is -0.0400. The second-order valence-electron chi connectivity index (χ2n) is 3.97. The van der Waals surface area contributed by atoms with E-state index in [2.05, 4.69) is 11.8 Å². The lowest BCUT2D eigenvalue weighted by Gasteiger charge is -2.30. The first-order valence-corrected chi connectivity index (χ1v) is 4.60. The maximum absolute atomic E-state index is 2.69. The van der Waals surface area contributed by atoms with E-state index in [1.807, 2.05) is 0 Å². The van der Waals surface area contributed by atoms with Crippen LogP contribution in [0.1, 0.15) is 32.6 Å². The van der Waals surface area contributed by atoms with Crippen LogP contribution in [0, 0.1) is 5.92 Å². The predicted octanol–water partition coefficient (Wildman–Crippen LogP) is 1.88. The second-order valence-corrected chi connectivity index (χ2v) is 3.97. The average Bonchev–Trinajstić information content (AvgIpc) is 2.68. The molecule has 0 aromatic rings. The van der Waals surface area contributed by atoms with Crippen molar-refractivity contribution in [3.63, 3.8) is 0 Å². The Labute approximate surface area is 63.4 Å². The summed E-state index contributed by atoms with van der Waals surface area (Å²) in [6, 6.07) is 1.00. The number of hydrogen-bond donors (Lipinski definition) is 0. The zero-order valence-corrected chi connectivity index (χ0v) is 6.84. The van der Waals surface area contributed by atoms with Gasteiger partial charge >= 0.3 is 0 Å². The standard InChI is InChI=1S/C9H17N/c1-8-3-2-6-10(7-8)9-4-5-9/h8-9H,2-7H2,1H3. The van der Waals surface area contributed by atoms with Crippen molar-refractivity contribution in [1.82, 2.24) is 4.90 Å². The molecule has 0 bridgehead atoms. The van der Waals surface area contributed by atoms with Crippen molar-refractivity contribution in [2.45, 2.75) is 38.6 Å². The summed E-state index contributed by atoms with van der Waals surface area (Å²) >= 11 is 0. The minimum absolute atomic E-state index is 0.967. The Bertz CT molecular complexity index is 118. The monoisotopic (exact) mass is 139 g/mol. The van der Waals surface area contributed by atoms with Crippen molar-refractivity contribution < 1.29 is 0 Å². The molecule has 10 heavy (non-hydrogen) atoms. The molecule has 0 amide bonds. The van der Waals surface area contributed by atoms with E-state index in [-0.39, 0.29) is 0 Å². The number of piperidine rings is 1. The largest absolute Gasteiger partial charge is 0.300 e. The molecule has 1 aliphatic carbocycles. The van der Waals surface area contributed by atoms with Gasteiger partial charge in [-0.2, -0.15) is 0 Å². The lowest BCUT2D eigenvalue weighted by atomic mass is 10.0. The van der Waals surface area contributed by atoms with Crippen LogP contribution >= 0.6 is 0 Å². The average molecular weight is 139 g/mol. The molecule has 1 nitrogen and oxygen atoms in total. The fourth-order valence-corrected chi connectivity index (χ4v) is 2.00. The second kappa shape index (κ2) is 2.54. The Morgan fingerprint density at radius 1 is 1.20 bits per heavy atom. The van der Waals surface area contributed by atoms with E-state index >= 15 is 0 Å². The van der Waals surface area contributed by atoms with E-state index in [0.717, 1.165) is 12.0 Å². The van der Waals surface area contributed by atoms with E-state index in [1.54, 1.807) is 0 Å². The Balaban J connectivity index is 1.84. The molecule has 2 fully saturated rings. The zero-order valence-electron chi connectivity index (χ0n) is 6.84. The highest BCUT2D eigenvalue weighted by Gasteiger charge is 2.30. The first-order valence-electron chi connectivity index (χ1n) is 4.60. The molecule has 1 heteroatoms. The molecule has 2 rings (SSSR count). The van der Waals surface area contributed by atoms with E-state index < -0.39 is 0 Å². The van der Waals surface area contributed by atoms with Crippen LogP contribution in [0.5, 0.6) is 0 Å². The first kappa shape index (κ1) is 6.66. The van der Waals surface area contributed by atoms with Crippen LogP contribution in [-0.4, -0.2) is 24.0 Å². The van der Waals surface area contributed by atoms with Gasteiger partial charge in [-0.1, -0.05) is 6.92 Å². The maximum Gasteiger partial charge on any atom is 0.00965 e. The summed E-state index contributed by atoms with van der Waals surface area (Å²) in [7, 11) is 0. The molecule has 0 spiro atoms. The Morgan fingerprint density at radius 3 is 2.60 bits per heavy atom. The van der Waals surface area contributed by atoms with Crippen molar-refractivity contribution in [3.05, 3.63) is 0 Å². The summed E-state index contributed by atoms with van der Waals surface area (Å²) < 4.78 is 0. The molecule has 1 saturated heterocycles. The lowest BCUT2D eigenvalue weighted by Crippen LogP contribution is -2.35. The van der Waals surface area contributed by atoms with Gasteiger partial charge in [-0.15, -0.1) is 0 Å². The van der Waals surface area contributed by atoms with Crippen molar-refractivity contribution in [2.75, 3.05) is 13.1 Å². The third-order valence-electron chi connectivity index (χ3n) is 2.75. The van der Waals surface area contributed by atoms with Crippen LogP contribution in [-0.2, 0) is 0 Å². The molecule has 2 aliphatic rings. The van der Waals surface area contributed by atoms with Gasteiger partial charge in [-0.25, -0.2) is 0 Å². The molecular weight excluding hydrogens is 122 g/mol. The Kier molecular flexibility index (Phi) is 1.69.